The maximum absolute atomic E-state index is 12.3. The molecule has 0 bridgehead atoms. The van der Waals surface area contributed by atoms with Gasteiger partial charge in [0.05, 0.1) is 11.0 Å². The van der Waals surface area contributed by atoms with E-state index in [0.29, 0.717) is 5.75 Å². The van der Waals surface area contributed by atoms with Crippen LogP contribution >= 0.6 is 0 Å². The zero-order valence-electron chi connectivity index (χ0n) is 9.91. The van der Waals surface area contributed by atoms with E-state index in [1.807, 2.05) is 6.92 Å². The van der Waals surface area contributed by atoms with Crippen molar-refractivity contribution in [2.24, 2.45) is 10.8 Å². The molecular weight excluding hydrogens is 220 g/mol. The van der Waals surface area contributed by atoms with Crippen LogP contribution in [0.5, 0.6) is 0 Å². The Balaban J connectivity index is 2.17. The van der Waals surface area contributed by atoms with E-state index in [2.05, 4.69) is 12.2 Å². The van der Waals surface area contributed by atoms with Crippen molar-refractivity contribution < 1.29 is 8.42 Å². The molecule has 90 valence electrons. The molecule has 0 unspecified atom stereocenters. The molecule has 0 aromatic carbocycles. The van der Waals surface area contributed by atoms with Gasteiger partial charge in [0.15, 0.2) is 9.84 Å². The van der Waals surface area contributed by atoms with Crippen LogP contribution in [-0.4, -0.2) is 19.4 Å². The smallest absolute Gasteiger partial charge is 0.154 e. The second-order valence-corrected chi connectivity index (χ2v) is 8.29. The Hall–Kier alpha value is -0.310. The summed E-state index contributed by atoms with van der Waals surface area (Å²) in [6.45, 7) is 1.96. The van der Waals surface area contributed by atoms with Crippen molar-refractivity contribution >= 4 is 9.84 Å². The fourth-order valence-electron chi connectivity index (χ4n) is 4.57. The van der Waals surface area contributed by atoms with E-state index in [4.69, 9.17) is 0 Å². The topological polar surface area (TPSA) is 34.1 Å². The van der Waals surface area contributed by atoms with Gasteiger partial charge < -0.3 is 0 Å². The quantitative estimate of drug-likeness (QED) is 0.610. The van der Waals surface area contributed by atoms with Gasteiger partial charge in [-0.25, -0.2) is 8.42 Å². The van der Waals surface area contributed by atoms with E-state index in [9.17, 15) is 8.42 Å². The molecule has 0 N–H and O–H groups in total. The maximum atomic E-state index is 12.3. The Kier molecular flexibility index (Phi) is 2.11. The minimum Gasteiger partial charge on any atom is -0.229 e. The van der Waals surface area contributed by atoms with E-state index >= 15 is 0 Å². The van der Waals surface area contributed by atoms with E-state index < -0.39 is 9.84 Å². The minimum absolute atomic E-state index is 0.0822. The van der Waals surface area contributed by atoms with Crippen LogP contribution in [0.25, 0.3) is 0 Å². The van der Waals surface area contributed by atoms with Gasteiger partial charge in [0.1, 0.15) is 0 Å². The van der Waals surface area contributed by atoms with Crippen LogP contribution in [-0.2, 0) is 9.84 Å². The lowest BCUT2D eigenvalue weighted by Crippen LogP contribution is -2.47. The summed E-state index contributed by atoms with van der Waals surface area (Å²) in [5.41, 5.74) is 0.178. The lowest BCUT2D eigenvalue weighted by atomic mass is 9.51. The molecule has 3 heteroatoms. The van der Waals surface area contributed by atoms with E-state index in [1.54, 1.807) is 0 Å². The number of allylic oxidation sites excluding steroid dienone is 2. The Morgan fingerprint density at radius 3 is 2.56 bits per heavy atom. The first-order chi connectivity index (χ1) is 7.53. The van der Waals surface area contributed by atoms with Crippen molar-refractivity contribution in [2.45, 2.75) is 50.7 Å². The Morgan fingerprint density at radius 1 is 1.12 bits per heavy atom. The second-order valence-electron chi connectivity index (χ2n) is 5.97. The Labute approximate surface area is 98.0 Å². The molecule has 0 aromatic rings. The predicted octanol–water partition coefficient (Wildman–Crippen LogP) is 2.70. The van der Waals surface area contributed by atoms with Crippen LogP contribution in [0.4, 0.5) is 0 Å². The van der Waals surface area contributed by atoms with Crippen LogP contribution in [0.15, 0.2) is 12.2 Å². The molecule has 1 aliphatic heterocycles. The molecule has 1 saturated heterocycles. The highest BCUT2D eigenvalue weighted by molar-refractivity contribution is 7.92. The first-order valence-electron chi connectivity index (χ1n) is 6.39. The van der Waals surface area contributed by atoms with Crippen LogP contribution in [0.1, 0.15) is 45.4 Å². The van der Waals surface area contributed by atoms with Crippen molar-refractivity contribution in [3.63, 3.8) is 0 Å². The summed E-state index contributed by atoms with van der Waals surface area (Å²) < 4.78 is 24.5. The number of rotatable bonds is 0. The fraction of sp³-hybridized carbons (Fsp3) is 0.846. The molecule has 0 amide bonds. The molecular formula is C13H20O2S. The van der Waals surface area contributed by atoms with E-state index in [1.165, 1.54) is 12.8 Å². The highest BCUT2D eigenvalue weighted by atomic mass is 32.2. The third kappa shape index (κ3) is 1.10. The Bertz CT molecular complexity index is 437. The standard InChI is InChI=1S/C13H20O2S/c1-11-13-8-4-2-6-12(13,7-3-5-9-13)10-16(11,14)15/h2,4,11H,3,5-10H2,1H3/t11-,12+,13-/m1/s1. The van der Waals surface area contributed by atoms with Gasteiger partial charge in [-0.15, -0.1) is 0 Å². The molecule has 3 atom stereocenters. The lowest BCUT2D eigenvalue weighted by molar-refractivity contribution is 0.0154. The summed E-state index contributed by atoms with van der Waals surface area (Å²) in [5.74, 6) is 0.450. The molecule has 16 heavy (non-hydrogen) atoms. The molecule has 3 rings (SSSR count). The average molecular weight is 240 g/mol. The van der Waals surface area contributed by atoms with Gasteiger partial charge in [0.25, 0.3) is 0 Å². The summed E-state index contributed by atoms with van der Waals surface area (Å²) in [4.78, 5) is 0. The molecule has 1 heterocycles. The third-order valence-corrected chi connectivity index (χ3v) is 8.02. The van der Waals surface area contributed by atoms with Crippen molar-refractivity contribution in [1.82, 2.24) is 0 Å². The Morgan fingerprint density at radius 2 is 1.81 bits per heavy atom. The summed E-state index contributed by atoms with van der Waals surface area (Å²) >= 11 is 0. The summed E-state index contributed by atoms with van der Waals surface area (Å²) in [6.07, 6.45) is 11.1. The predicted molar refractivity (Wildman–Crippen MR) is 65.0 cm³/mol. The minimum atomic E-state index is -2.85. The number of hydrogen-bond acceptors (Lipinski definition) is 2. The van der Waals surface area contributed by atoms with Gasteiger partial charge in [-0.05, 0) is 43.4 Å². The monoisotopic (exact) mass is 240 g/mol. The fourth-order valence-corrected chi connectivity index (χ4v) is 7.29. The first kappa shape index (κ1) is 10.8. The highest BCUT2D eigenvalue weighted by Crippen LogP contribution is 2.65. The molecule has 2 nitrogen and oxygen atoms in total. The van der Waals surface area contributed by atoms with Crippen LogP contribution in [0.3, 0.4) is 0 Å². The van der Waals surface area contributed by atoms with Gasteiger partial charge in [-0.1, -0.05) is 25.0 Å². The highest BCUT2D eigenvalue weighted by Gasteiger charge is 2.64. The molecule has 3 aliphatic rings. The molecule has 2 fully saturated rings. The summed E-state index contributed by atoms with van der Waals surface area (Å²) in [7, 11) is -2.85. The largest absolute Gasteiger partial charge is 0.229 e. The van der Waals surface area contributed by atoms with Crippen LogP contribution in [0, 0.1) is 10.8 Å². The lowest BCUT2D eigenvalue weighted by Gasteiger charge is -2.51. The van der Waals surface area contributed by atoms with Crippen molar-refractivity contribution in [1.29, 1.82) is 0 Å². The third-order valence-electron chi connectivity index (χ3n) is 5.54. The van der Waals surface area contributed by atoms with Crippen LogP contribution in [0.2, 0.25) is 0 Å². The molecule has 2 aliphatic carbocycles. The number of sulfone groups is 1. The van der Waals surface area contributed by atoms with Crippen molar-refractivity contribution in [3.8, 4) is 0 Å². The summed E-state index contributed by atoms with van der Waals surface area (Å²) in [6, 6.07) is 0. The number of hydrogen-bond donors (Lipinski definition) is 0. The normalized spacial score (nSPS) is 49.7. The summed E-state index contributed by atoms with van der Waals surface area (Å²) in [5, 5.41) is -0.120. The van der Waals surface area contributed by atoms with Crippen LogP contribution < -0.4 is 0 Å². The van der Waals surface area contributed by atoms with Gasteiger partial charge >= 0.3 is 0 Å². The van der Waals surface area contributed by atoms with E-state index in [-0.39, 0.29) is 16.1 Å². The van der Waals surface area contributed by atoms with Crippen molar-refractivity contribution in [2.75, 3.05) is 5.75 Å². The van der Waals surface area contributed by atoms with E-state index in [0.717, 1.165) is 25.7 Å². The maximum Gasteiger partial charge on any atom is 0.154 e. The molecule has 0 aromatic heterocycles. The zero-order chi connectivity index (χ0) is 11.4. The van der Waals surface area contributed by atoms with Gasteiger partial charge in [-0.2, -0.15) is 0 Å². The van der Waals surface area contributed by atoms with Gasteiger partial charge in [0.2, 0.25) is 0 Å². The average Bonchev–Trinajstić information content (AvgIpc) is 2.45. The zero-order valence-corrected chi connectivity index (χ0v) is 10.7. The SMILES string of the molecule is C[C@@H]1[C@]23CC=CC[C@]2(CCCC3)CS1(=O)=O. The first-order valence-corrected chi connectivity index (χ1v) is 8.11. The molecule has 0 spiro atoms. The van der Waals surface area contributed by atoms with Crippen molar-refractivity contribution in [3.05, 3.63) is 12.2 Å². The molecule has 0 radical (unpaired) electrons. The van der Waals surface area contributed by atoms with Gasteiger partial charge in [0, 0.05) is 0 Å². The van der Waals surface area contributed by atoms with Gasteiger partial charge in [-0.3, -0.25) is 0 Å². The second kappa shape index (κ2) is 3.12. The molecule has 1 saturated carbocycles.